The Labute approximate surface area is 141 Å². The van der Waals surface area contributed by atoms with E-state index in [1.165, 1.54) is 0 Å². The van der Waals surface area contributed by atoms with E-state index >= 15 is 0 Å². The molecular weight excluding hydrogens is 347 g/mol. The van der Waals surface area contributed by atoms with E-state index in [0.29, 0.717) is 15.1 Å². The van der Waals surface area contributed by atoms with Gasteiger partial charge in [-0.3, -0.25) is 0 Å². The van der Waals surface area contributed by atoms with Gasteiger partial charge in [-0.25, -0.2) is 4.98 Å². The van der Waals surface area contributed by atoms with Crippen LogP contribution in [-0.4, -0.2) is 4.98 Å². The number of nitrogens with zero attached hydrogens (tertiary/aromatic N) is 1. The number of fused-ring (bicyclic) bond motifs is 1. The number of aromatic nitrogens is 1. The summed E-state index contributed by atoms with van der Waals surface area (Å²) in [5.74, 6) is 0. The summed E-state index contributed by atoms with van der Waals surface area (Å²) in [7, 11) is 0. The Morgan fingerprint density at radius 3 is 2.71 bits per heavy atom. The first-order valence-electron chi connectivity index (χ1n) is 6.29. The van der Waals surface area contributed by atoms with E-state index in [-0.39, 0.29) is 6.04 Å². The molecule has 108 valence electrons. The van der Waals surface area contributed by atoms with Crippen molar-refractivity contribution in [3.8, 4) is 0 Å². The Hall–Kier alpha value is -1.000. The standard InChI is InChI=1S/C15H11Cl3N2S/c1-8(10-3-4-11(16)15(18)14(10)17)20-9-2-5-12-13(6-9)21-7-19-12/h2-8,20H,1H3. The highest BCUT2D eigenvalue weighted by Crippen LogP contribution is 2.36. The van der Waals surface area contributed by atoms with Crippen molar-refractivity contribution < 1.29 is 0 Å². The molecule has 0 aliphatic carbocycles. The van der Waals surface area contributed by atoms with E-state index in [4.69, 9.17) is 34.8 Å². The van der Waals surface area contributed by atoms with E-state index in [2.05, 4.69) is 16.4 Å². The molecule has 0 saturated carbocycles. The number of thiazole rings is 1. The number of hydrogen-bond acceptors (Lipinski definition) is 3. The first-order chi connectivity index (χ1) is 10.1. The van der Waals surface area contributed by atoms with Gasteiger partial charge in [0.2, 0.25) is 0 Å². The Morgan fingerprint density at radius 2 is 1.90 bits per heavy atom. The van der Waals surface area contributed by atoms with Crippen LogP contribution in [0.3, 0.4) is 0 Å². The lowest BCUT2D eigenvalue weighted by atomic mass is 10.1. The fourth-order valence-corrected chi connectivity index (χ4v) is 3.57. The van der Waals surface area contributed by atoms with Crippen LogP contribution in [0, 0.1) is 0 Å². The van der Waals surface area contributed by atoms with Crippen molar-refractivity contribution in [1.29, 1.82) is 0 Å². The lowest BCUT2D eigenvalue weighted by molar-refractivity contribution is 0.886. The summed E-state index contributed by atoms with van der Waals surface area (Å²) in [6, 6.07) is 9.74. The second-order valence-electron chi connectivity index (χ2n) is 4.67. The zero-order valence-corrected chi connectivity index (χ0v) is 14.1. The summed E-state index contributed by atoms with van der Waals surface area (Å²) >= 11 is 19.9. The third-order valence-electron chi connectivity index (χ3n) is 3.25. The normalized spacial score (nSPS) is 12.6. The molecule has 1 atom stereocenters. The predicted octanol–water partition coefficient (Wildman–Crippen LogP) is 6.43. The molecule has 0 aliphatic rings. The molecule has 2 aromatic carbocycles. The first kappa shape index (κ1) is 14.9. The van der Waals surface area contributed by atoms with Gasteiger partial charge >= 0.3 is 0 Å². The number of halogens is 3. The van der Waals surface area contributed by atoms with E-state index < -0.39 is 0 Å². The maximum absolute atomic E-state index is 6.27. The third-order valence-corrected chi connectivity index (χ3v) is 5.35. The number of hydrogen-bond donors (Lipinski definition) is 1. The molecule has 2 nitrogen and oxygen atoms in total. The molecule has 0 radical (unpaired) electrons. The molecule has 1 N–H and O–H groups in total. The molecule has 3 aromatic rings. The molecule has 21 heavy (non-hydrogen) atoms. The minimum atomic E-state index is 0.0117. The van der Waals surface area contributed by atoms with Crippen LogP contribution in [0.15, 0.2) is 35.8 Å². The molecule has 6 heteroatoms. The molecule has 3 rings (SSSR count). The summed E-state index contributed by atoms with van der Waals surface area (Å²) in [6.07, 6.45) is 0. The lowest BCUT2D eigenvalue weighted by Gasteiger charge is -2.18. The predicted molar refractivity (Wildman–Crippen MR) is 93.1 cm³/mol. The summed E-state index contributed by atoms with van der Waals surface area (Å²) in [6.45, 7) is 2.03. The largest absolute Gasteiger partial charge is 0.378 e. The van der Waals surface area contributed by atoms with Gasteiger partial charge in [-0.15, -0.1) is 11.3 Å². The van der Waals surface area contributed by atoms with Gasteiger partial charge in [-0.05, 0) is 36.8 Å². The number of benzene rings is 2. The maximum atomic E-state index is 6.27. The van der Waals surface area contributed by atoms with E-state index in [1.807, 2.05) is 30.6 Å². The average molecular weight is 358 g/mol. The molecule has 0 saturated heterocycles. The van der Waals surface area contributed by atoms with Gasteiger partial charge in [-0.2, -0.15) is 0 Å². The second kappa shape index (κ2) is 6.01. The summed E-state index contributed by atoms with van der Waals surface area (Å²) < 4.78 is 1.15. The van der Waals surface area contributed by atoms with Crippen LogP contribution in [0.2, 0.25) is 15.1 Å². The number of rotatable bonds is 3. The van der Waals surface area contributed by atoms with Crippen molar-refractivity contribution in [2.24, 2.45) is 0 Å². The van der Waals surface area contributed by atoms with Crippen LogP contribution in [0.1, 0.15) is 18.5 Å². The van der Waals surface area contributed by atoms with E-state index in [9.17, 15) is 0 Å². The topological polar surface area (TPSA) is 24.9 Å². The number of nitrogens with one attached hydrogen (secondary N) is 1. The molecule has 1 unspecified atom stereocenters. The van der Waals surface area contributed by atoms with Gasteiger partial charge < -0.3 is 5.32 Å². The Morgan fingerprint density at radius 1 is 1.10 bits per heavy atom. The fourth-order valence-electron chi connectivity index (χ4n) is 2.15. The first-order valence-corrected chi connectivity index (χ1v) is 8.31. The summed E-state index contributed by atoms with van der Waals surface area (Å²) in [5.41, 5.74) is 4.77. The van der Waals surface area contributed by atoms with E-state index in [0.717, 1.165) is 21.5 Å². The molecule has 0 bridgehead atoms. The van der Waals surface area contributed by atoms with Crippen molar-refractivity contribution in [3.05, 3.63) is 56.5 Å². The minimum Gasteiger partial charge on any atom is -0.378 e. The number of anilines is 1. The van der Waals surface area contributed by atoms with Crippen molar-refractivity contribution in [2.45, 2.75) is 13.0 Å². The zero-order chi connectivity index (χ0) is 15.0. The highest BCUT2D eigenvalue weighted by atomic mass is 35.5. The highest BCUT2D eigenvalue weighted by molar-refractivity contribution is 7.16. The van der Waals surface area contributed by atoms with Gasteiger partial charge in [0, 0.05) is 5.69 Å². The summed E-state index contributed by atoms with van der Waals surface area (Å²) in [5, 5.41) is 4.76. The zero-order valence-electron chi connectivity index (χ0n) is 11.0. The van der Waals surface area contributed by atoms with Gasteiger partial charge in [-0.1, -0.05) is 40.9 Å². The Kier molecular flexibility index (Phi) is 4.27. The van der Waals surface area contributed by atoms with Gasteiger partial charge in [0.25, 0.3) is 0 Å². The molecule has 1 aromatic heterocycles. The van der Waals surface area contributed by atoms with Crippen LogP contribution >= 0.6 is 46.1 Å². The highest BCUT2D eigenvalue weighted by Gasteiger charge is 2.14. The van der Waals surface area contributed by atoms with Crippen LogP contribution in [0.4, 0.5) is 5.69 Å². The fraction of sp³-hybridized carbons (Fsp3) is 0.133. The maximum Gasteiger partial charge on any atom is 0.0813 e. The van der Waals surface area contributed by atoms with Gasteiger partial charge in [0.1, 0.15) is 0 Å². The van der Waals surface area contributed by atoms with Crippen LogP contribution in [0.5, 0.6) is 0 Å². The second-order valence-corrected chi connectivity index (χ2v) is 6.71. The molecule has 0 amide bonds. The van der Waals surface area contributed by atoms with Crippen LogP contribution in [-0.2, 0) is 0 Å². The molecule has 1 heterocycles. The monoisotopic (exact) mass is 356 g/mol. The van der Waals surface area contributed by atoms with Crippen LogP contribution in [0.25, 0.3) is 10.2 Å². The van der Waals surface area contributed by atoms with Gasteiger partial charge in [0.15, 0.2) is 0 Å². The Balaban J connectivity index is 1.88. The van der Waals surface area contributed by atoms with Crippen molar-refractivity contribution >= 4 is 62.0 Å². The molecule has 0 spiro atoms. The van der Waals surface area contributed by atoms with E-state index in [1.54, 1.807) is 17.4 Å². The molecule has 0 fully saturated rings. The molecule has 0 aliphatic heterocycles. The van der Waals surface area contributed by atoms with Crippen molar-refractivity contribution in [1.82, 2.24) is 4.98 Å². The average Bonchev–Trinajstić information content (AvgIpc) is 2.92. The van der Waals surface area contributed by atoms with Crippen LogP contribution < -0.4 is 5.32 Å². The summed E-state index contributed by atoms with van der Waals surface area (Å²) in [4.78, 5) is 4.27. The molecular formula is C15H11Cl3N2S. The van der Waals surface area contributed by atoms with Gasteiger partial charge in [0.05, 0.1) is 36.8 Å². The quantitative estimate of drug-likeness (QED) is 0.546. The van der Waals surface area contributed by atoms with Crippen molar-refractivity contribution in [2.75, 3.05) is 5.32 Å². The van der Waals surface area contributed by atoms with Crippen molar-refractivity contribution in [3.63, 3.8) is 0 Å². The lowest BCUT2D eigenvalue weighted by Crippen LogP contribution is -2.07. The minimum absolute atomic E-state index is 0.0117. The third kappa shape index (κ3) is 2.97. The smallest absolute Gasteiger partial charge is 0.0813 e. The Bertz CT molecular complexity index is 801. The SMILES string of the molecule is CC(Nc1ccc2ncsc2c1)c1ccc(Cl)c(Cl)c1Cl.